The van der Waals surface area contributed by atoms with Gasteiger partial charge in [-0.3, -0.25) is 4.79 Å². The van der Waals surface area contributed by atoms with Crippen LogP contribution in [0.2, 0.25) is 0 Å². The lowest BCUT2D eigenvalue weighted by Gasteiger charge is -2.11. The van der Waals surface area contributed by atoms with Crippen LogP contribution in [0, 0.1) is 12.8 Å². The second kappa shape index (κ2) is 6.14. The van der Waals surface area contributed by atoms with Crippen LogP contribution in [0.4, 0.5) is 0 Å². The third-order valence-electron chi connectivity index (χ3n) is 4.20. The topological polar surface area (TPSA) is 68.2 Å². The number of hydrogen-bond donors (Lipinski definition) is 2. The zero-order valence-corrected chi connectivity index (χ0v) is 12.6. The summed E-state index contributed by atoms with van der Waals surface area (Å²) in [6.07, 6.45) is 2.84. The fraction of sp³-hybridized carbons (Fsp3) is 0.353. The molecule has 1 heterocycles. The Morgan fingerprint density at radius 1 is 1.52 bits per heavy atom. The summed E-state index contributed by atoms with van der Waals surface area (Å²) >= 11 is 0. The number of aryl methyl sites for hydroxylation is 1. The van der Waals surface area contributed by atoms with Crippen molar-refractivity contribution in [3.05, 3.63) is 41.6 Å². The molecule has 0 fully saturated rings. The van der Waals surface area contributed by atoms with Crippen LogP contribution in [-0.4, -0.2) is 22.2 Å². The summed E-state index contributed by atoms with van der Waals surface area (Å²) in [6.45, 7) is 6.27. The van der Waals surface area contributed by atoms with Crippen molar-refractivity contribution in [2.24, 2.45) is 18.7 Å². The van der Waals surface area contributed by atoms with Crippen molar-refractivity contribution in [3.63, 3.8) is 0 Å². The van der Waals surface area contributed by atoms with E-state index >= 15 is 0 Å². The number of fused-ring (bicyclic) bond motifs is 1. The Labute approximate surface area is 124 Å². The molecule has 4 heteroatoms. The molecule has 0 amide bonds. The third kappa shape index (κ3) is 2.72. The molecule has 0 aliphatic rings. The largest absolute Gasteiger partial charge is 0.481 e. The highest BCUT2D eigenvalue weighted by molar-refractivity contribution is 5.92. The second-order valence-corrected chi connectivity index (χ2v) is 5.39. The van der Waals surface area contributed by atoms with E-state index in [4.69, 9.17) is 5.73 Å². The average molecular weight is 286 g/mol. The quantitative estimate of drug-likeness (QED) is 0.858. The maximum atomic E-state index is 11.4. The summed E-state index contributed by atoms with van der Waals surface area (Å²) in [5.74, 6) is -1.22. The van der Waals surface area contributed by atoms with E-state index in [2.05, 4.69) is 11.1 Å². The predicted octanol–water partition coefficient (Wildman–Crippen LogP) is 2.72. The molecule has 2 rings (SSSR count). The molecule has 0 spiro atoms. The first kappa shape index (κ1) is 15.3. The highest BCUT2D eigenvalue weighted by Crippen LogP contribution is 2.30. The SMILES string of the molecule is C=Cc1cccc2c(CC(CCN)C(=O)O)c(C)n(C)c12. The molecular formula is C17H22N2O2. The smallest absolute Gasteiger partial charge is 0.306 e. The summed E-state index contributed by atoms with van der Waals surface area (Å²) < 4.78 is 2.11. The lowest BCUT2D eigenvalue weighted by Crippen LogP contribution is -2.20. The van der Waals surface area contributed by atoms with Gasteiger partial charge in [-0.15, -0.1) is 0 Å². The van der Waals surface area contributed by atoms with Crippen molar-refractivity contribution in [1.29, 1.82) is 0 Å². The molecule has 3 N–H and O–H groups in total. The van der Waals surface area contributed by atoms with Gasteiger partial charge in [0, 0.05) is 18.1 Å². The Morgan fingerprint density at radius 2 is 2.24 bits per heavy atom. The van der Waals surface area contributed by atoms with Gasteiger partial charge in [-0.1, -0.05) is 30.9 Å². The van der Waals surface area contributed by atoms with Crippen LogP contribution in [0.5, 0.6) is 0 Å². The van der Waals surface area contributed by atoms with Gasteiger partial charge in [-0.05, 0) is 37.4 Å². The molecule has 21 heavy (non-hydrogen) atoms. The number of carboxylic acid groups (broad SMARTS) is 1. The van der Waals surface area contributed by atoms with Crippen molar-refractivity contribution in [2.75, 3.05) is 6.54 Å². The van der Waals surface area contributed by atoms with Crippen LogP contribution < -0.4 is 5.73 Å². The normalized spacial score (nSPS) is 12.5. The van der Waals surface area contributed by atoms with Gasteiger partial charge in [-0.25, -0.2) is 0 Å². The van der Waals surface area contributed by atoms with Gasteiger partial charge in [0.25, 0.3) is 0 Å². The fourth-order valence-corrected chi connectivity index (χ4v) is 2.93. The number of rotatable bonds is 6. The van der Waals surface area contributed by atoms with E-state index in [1.165, 1.54) is 0 Å². The van der Waals surface area contributed by atoms with Gasteiger partial charge in [0.05, 0.1) is 11.4 Å². The molecule has 1 atom stereocenters. The van der Waals surface area contributed by atoms with Crippen LogP contribution in [-0.2, 0) is 18.3 Å². The molecule has 0 aliphatic carbocycles. The minimum absolute atomic E-state index is 0.388. The molecular weight excluding hydrogens is 264 g/mol. The highest BCUT2D eigenvalue weighted by atomic mass is 16.4. The predicted molar refractivity (Wildman–Crippen MR) is 86.2 cm³/mol. The Balaban J connectivity index is 2.56. The summed E-state index contributed by atoms with van der Waals surface area (Å²) in [5.41, 5.74) is 9.91. The lowest BCUT2D eigenvalue weighted by atomic mass is 9.94. The number of aromatic nitrogens is 1. The highest BCUT2D eigenvalue weighted by Gasteiger charge is 2.22. The Hall–Kier alpha value is -2.07. The first-order valence-electron chi connectivity index (χ1n) is 7.13. The first-order chi connectivity index (χ1) is 10.0. The van der Waals surface area contributed by atoms with E-state index < -0.39 is 11.9 Å². The Kier molecular flexibility index (Phi) is 4.48. The van der Waals surface area contributed by atoms with Crippen molar-refractivity contribution >= 4 is 22.9 Å². The fourth-order valence-electron chi connectivity index (χ4n) is 2.93. The van der Waals surface area contributed by atoms with E-state index in [1.54, 1.807) is 0 Å². The van der Waals surface area contributed by atoms with Crippen molar-refractivity contribution in [3.8, 4) is 0 Å². The van der Waals surface area contributed by atoms with Crippen LogP contribution >= 0.6 is 0 Å². The summed E-state index contributed by atoms with van der Waals surface area (Å²) in [6, 6.07) is 6.06. The molecule has 1 aromatic carbocycles. The van der Waals surface area contributed by atoms with Crippen LogP contribution in [0.15, 0.2) is 24.8 Å². The van der Waals surface area contributed by atoms with E-state index in [9.17, 15) is 9.90 Å². The molecule has 0 aliphatic heterocycles. The number of carboxylic acids is 1. The molecule has 112 valence electrons. The number of para-hydroxylation sites is 1. The molecule has 1 unspecified atom stereocenters. The number of nitrogens with two attached hydrogens (primary N) is 1. The number of nitrogens with zero attached hydrogens (tertiary/aromatic N) is 1. The zero-order valence-electron chi connectivity index (χ0n) is 12.6. The maximum absolute atomic E-state index is 11.4. The van der Waals surface area contributed by atoms with Crippen LogP contribution in [0.1, 0.15) is 23.2 Å². The maximum Gasteiger partial charge on any atom is 0.306 e. The monoisotopic (exact) mass is 286 g/mol. The Bertz CT molecular complexity index is 686. The van der Waals surface area contributed by atoms with Gasteiger partial charge in [-0.2, -0.15) is 0 Å². The van der Waals surface area contributed by atoms with Crippen molar-refractivity contribution < 1.29 is 9.90 Å². The van der Waals surface area contributed by atoms with Crippen LogP contribution in [0.3, 0.4) is 0 Å². The van der Waals surface area contributed by atoms with E-state index in [0.717, 1.165) is 27.7 Å². The summed E-state index contributed by atoms with van der Waals surface area (Å²) in [5, 5.41) is 10.5. The second-order valence-electron chi connectivity index (χ2n) is 5.39. The minimum atomic E-state index is -0.781. The van der Waals surface area contributed by atoms with E-state index in [0.29, 0.717) is 19.4 Å². The molecule has 0 bridgehead atoms. The standard InChI is InChI=1S/C17H22N2O2/c1-4-12-6-5-7-14-15(11(2)19(3)16(12)14)10-13(8-9-18)17(20)21/h4-7,13H,1,8-10,18H2,2-3H3,(H,20,21). The van der Waals surface area contributed by atoms with Crippen LogP contribution in [0.25, 0.3) is 17.0 Å². The Morgan fingerprint density at radius 3 is 2.81 bits per heavy atom. The average Bonchev–Trinajstić information content (AvgIpc) is 2.71. The van der Waals surface area contributed by atoms with Gasteiger partial charge in [0.15, 0.2) is 0 Å². The van der Waals surface area contributed by atoms with Gasteiger partial charge < -0.3 is 15.4 Å². The third-order valence-corrected chi connectivity index (χ3v) is 4.20. The number of carbonyl (C=O) groups is 1. The number of aliphatic carboxylic acids is 1. The summed E-state index contributed by atoms with van der Waals surface area (Å²) in [4.78, 5) is 11.4. The molecule has 2 aromatic rings. The molecule has 0 saturated heterocycles. The van der Waals surface area contributed by atoms with Gasteiger partial charge >= 0.3 is 5.97 Å². The van der Waals surface area contributed by atoms with E-state index in [1.807, 2.05) is 38.2 Å². The molecule has 0 radical (unpaired) electrons. The first-order valence-corrected chi connectivity index (χ1v) is 7.13. The summed E-state index contributed by atoms with van der Waals surface area (Å²) in [7, 11) is 2.01. The van der Waals surface area contributed by atoms with E-state index in [-0.39, 0.29) is 0 Å². The lowest BCUT2D eigenvalue weighted by molar-refractivity contribution is -0.141. The number of hydrogen-bond acceptors (Lipinski definition) is 2. The molecule has 0 saturated carbocycles. The molecule has 4 nitrogen and oxygen atoms in total. The molecule has 1 aromatic heterocycles. The van der Waals surface area contributed by atoms with Gasteiger partial charge in [0.1, 0.15) is 0 Å². The van der Waals surface area contributed by atoms with Crippen molar-refractivity contribution in [1.82, 2.24) is 4.57 Å². The van der Waals surface area contributed by atoms with Crippen molar-refractivity contribution in [2.45, 2.75) is 19.8 Å². The zero-order chi connectivity index (χ0) is 15.6. The number of benzene rings is 1. The minimum Gasteiger partial charge on any atom is -0.481 e. The van der Waals surface area contributed by atoms with Gasteiger partial charge in [0.2, 0.25) is 0 Å².